The van der Waals surface area contributed by atoms with Crippen LogP contribution in [0.2, 0.25) is 0 Å². The number of furan rings is 1. The lowest BCUT2D eigenvalue weighted by Gasteiger charge is -2.33. The van der Waals surface area contributed by atoms with E-state index in [4.69, 9.17) is 21.4 Å². The number of thioether (sulfide) groups is 1. The normalized spacial score (nSPS) is 17.8. The molecule has 4 rings (SSSR count). The van der Waals surface area contributed by atoms with Crippen molar-refractivity contribution in [2.45, 2.75) is 33.4 Å². The van der Waals surface area contributed by atoms with Gasteiger partial charge in [0.25, 0.3) is 11.5 Å². The summed E-state index contributed by atoms with van der Waals surface area (Å²) in [5, 5.41) is 9.73. The molecule has 0 spiro atoms. The molecule has 33 heavy (non-hydrogen) atoms. The molecular formula is C23H24N4O4S2. The van der Waals surface area contributed by atoms with Crippen molar-refractivity contribution in [2.75, 3.05) is 31.2 Å². The average molecular weight is 485 g/mol. The van der Waals surface area contributed by atoms with Crippen molar-refractivity contribution in [2.24, 2.45) is 0 Å². The Kier molecular flexibility index (Phi) is 7.02. The molecule has 0 N–H and O–H groups in total. The van der Waals surface area contributed by atoms with E-state index in [1.165, 1.54) is 16.7 Å². The minimum atomic E-state index is -0.305. The third-order valence-corrected chi connectivity index (χ3v) is 7.03. The lowest BCUT2D eigenvalue weighted by atomic mass is 10.0. The second-order valence-electron chi connectivity index (χ2n) is 7.75. The smallest absolute Gasteiger partial charge is 0.270 e. The van der Waals surface area contributed by atoms with Crippen LogP contribution in [0.5, 0.6) is 0 Å². The number of nitrogens with zero attached hydrogens (tertiary/aromatic N) is 4. The van der Waals surface area contributed by atoms with Crippen molar-refractivity contribution in [3.05, 3.63) is 56.1 Å². The molecule has 0 saturated carbocycles. The number of carbonyl (C=O) groups is 1. The summed E-state index contributed by atoms with van der Waals surface area (Å²) in [6.07, 6.45) is 4.06. The number of nitriles is 1. The summed E-state index contributed by atoms with van der Waals surface area (Å²) in [5.74, 6) is 1.14. The van der Waals surface area contributed by atoms with Crippen LogP contribution in [0, 0.1) is 18.3 Å². The van der Waals surface area contributed by atoms with Gasteiger partial charge in [0.15, 0.2) is 0 Å². The first-order valence-corrected chi connectivity index (χ1v) is 12.0. The predicted molar refractivity (Wildman–Crippen MR) is 131 cm³/mol. The van der Waals surface area contributed by atoms with Crippen LogP contribution >= 0.6 is 24.0 Å². The van der Waals surface area contributed by atoms with Crippen LogP contribution in [0.3, 0.4) is 0 Å². The van der Waals surface area contributed by atoms with Crippen LogP contribution in [0.15, 0.2) is 32.5 Å². The van der Waals surface area contributed by atoms with Gasteiger partial charge in [0, 0.05) is 25.2 Å². The first-order valence-electron chi connectivity index (χ1n) is 10.7. The molecule has 2 aliphatic heterocycles. The van der Waals surface area contributed by atoms with E-state index < -0.39 is 0 Å². The number of thiocarbonyl (C=S) groups is 1. The van der Waals surface area contributed by atoms with Crippen LogP contribution in [-0.2, 0) is 22.6 Å². The number of hydrogen-bond acceptors (Lipinski definition) is 8. The van der Waals surface area contributed by atoms with Crippen LogP contribution in [0.1, 0.15) is 35.8 Å². The lowest BCUT2D eigenvalue weighted by molar-refractivity contribution is -0.122. The highest BCUT2D eigenvalue weighted by Crippen LogP contribution is 2.36. The molecule has 2 saturated heterocycles. The van der Waals surface area contributed by atoms with E-state index in [0.717, 1.165) is 12.2 Å². The molecule has 8 nitrogen and oxygen atoms in total. The number of hydrogen-bond donors (Lipinski definition) is 0. The molecule has 0 aliphatic carbocycles. The largest absolute Gasteiger partial charge is 0.467 e. The Morgan fingerprint density at radius 2 is 2.06 bits per heavy atom. The number of morpholine rings is 1. The Hall–Kier alpha value is -2.87. The van der Waals surface area contributed by atoms with E-state index >= 15 is 0 Å². The van der Waals surface area contributed by atoms with Crippen molar-refractivity contribution >= 4 is 46.1 Å². The SMILES string of the molecule is CCCn1c(N2CCOCC2)c(C=C2SC(=S)N(Cc3ccco3)C2=O)c(C)c(C#N)c1=O. The van der Waals surface area contributed by atoms with Gasteiger partial charge in [-0.25, -0.2) is 0 Å². The van der Waals surface area contributed by atoms with Crippen LogP contribution in [-0.4, -0.2) is 46.0 Å². The predicted octanol–water partition coefficient (Wildman–Crippen LogP) is 3.27. The first-order chi connectivity index (χ1) is 16.0. The average Bonchev–Trinajstić information content (AvgIpc) is 3.42. The minimum Gasteiger partial charge on any atom is -0.467 e. The molecule has 4 heterocycles. The van der Waals surface area contributed by atoms with Crippen LogP contribution in [0.25, 0.3) is 6.08 Å². The molecular weight excluding hydrogens is 460 g/mol. The Balaban J connectivity index is 1.84. The summed E-state index contributed by atoms with van der Waals surface area (Å²) < 4.78 is 13.0. The van der Waals surface area contributed by atoms with Crippen molar-refractivity contribution < 1.29 is 13.9 Å². The molecule has 0 unspecified atom stereocenters. The van der Waals surface area contributed by atoms with E-state index in [0.29, 0.717) is 59.0 Å². The number of rotatable bonds is 6. The van der Waals surface area contributed by atoms with Gasteiger partial charge in [0.1, 0.15) is 27.5 Å². The summed E-state index contributed by atoms with van der Waals surface area (Å²) >= 11 is 6.68. The number of ether oxygens (including phenoxy) is 1. The number of aromatic nitrogens is 1. The maximum Gasteiger partial charge on any atom is 0.270 e. The molecule has 10 heteroatoms. The van der Waals surface area contributed by atoms with Crippen LogP contribution < -0.4 is 10.5 Å². The standard InChI is InChI=1S/C23H24N4O4S2/c1-3-6-26-20(25-7-10-30-11-8-25)17(15(2)18(13-24)21(26)28)12-19-22(29)27(23(32)33-19)14-16-5-4-9-31-16/h4-5,9,12H,3,6-8,10-11,14H2,1-2H3. The lowest BCUT2D eigenvalue weighted by Crippen LogP contribution is -2.41. The molecule has 0 aromatic carbocycles. The zero-order valence-corrected chi connectivity index (χ0v) is 20.1. The fraction of sp³-hybridized carbons (Fsp3) is 0.391. The number of carbonyl (C=O) groups excluding carboxylic acids is 1. The third kappa shape index (κ3) is 4.49. The monoisotopic (exact) mass is 484 g/mol. The van der Waals surface area contributed by atoms with Gasteiger partial charge in [0.05, 0.1) is 30.9 Å². The highest BCUT2D eigenvalue weighted by molar-refractivity contribution is 8.26. The number of anilines is 1. The molecule has 1 amide bonds. The van der Waals surface area contributed by atoms with Gasteiger partial charge in [-0.3, -0.25) is 19.1 Å². The molecule has 172 valence electrons. The van der Waals surface area contributed by atoms with Gasteiger partial charge in [-0.1, -0.05) is 30.9 Å². The molecule has 2 aliphatic rings. The van der Waals surface area contributed by atoms with E-state index in [2.05, 4.69) is 11.0 Å². The zero-order chi connectivity index (χ0) is 23.5. The summed E-state index contributed by atoms with van der Waals surface area (Å²) in [7, 11) is 0. The second kappa shape index (κ2) is 9.95. The van der Waals surface area contributed by atoms with Crippen molar-refractivity contribution in [1.82, 2.24) is 9.47 Å². The zero-order valence-electron chi connectivity index (χ0n) is 18.5. The highest BCUT2D eigenvalue weighted by Gasteiger charge is 2.34. The summed E-state index contributed by atoms with van der Waals surface area (Å²) in [5.41, 5.74) is 1.05. The number of amides is 1. The molecule has 0 bridgehead atoms. The maximum atomic E-state index is 13.2. The van der Waals surface area contributed by atoms with Gasteiger partial charge in [0.2, 0.25) is 0 Å². The Morgan fingerprint density at radius 3 is 2.70 bits per heavy atom. The van der Waals surface area contributed by atoms with Gasteiger partial charge < -0.3 is 14.1 Å². The number of pyridine rings is 1. The topological polar surface area (TPSA) is 91.7 Å². The van der Waals surface area contributed by atoms with Crippen molar-refractivity contribution in [3.8, 4) is 6.07 Å². The second-order valence-corrected chi connectivity index (χ2v) is 9.43. The molecule has 2 aromatic rings. The van der Waals surface area contributed by atoms with Gasteiger partial charge in [-0.2, -0.15) is 5.26 Å². The fourth-order valence-corrected chi connectivity index (χ4v) is 5.25. The van der Waals surface area contributed by atoms with Crippen LogP contribution in [0.4, 0.5) is 5.82 Å². The highest BCUT2D eigenvalue weighted by atomic mass is 32.2. The molecule has 2 fully saturated rings. The van der Waals surface area contributed by atoms with Gasteiger partial charge >= 0.3 is 0 Å². The third-order valence-electron chi connectivity index (χ3n) is 5.65. The van der Waals surface area contributed by atoms with E-state index in [1.54, 1.807) is 36.0 Å². The Bertz CT molecular complexity index is 1200. The summed E-state index contributed by atoms with van der Waals surface area (Å²) in [4.78, 5) is 30.4. The van der Waals surface area contributed by atoms with Crippen molar-refractivity contribution in [1.29, 1.82) is 5.26 Å². The summed E-state index contributed by atoms with van der Waals surface area (Å²) in [6, 6.07) is 5.63. The summed E-state index contributed by atoms with van der Waals surface area (Å²) in [6.45, 7) is 6.80. The Labute approximate surface area is 201 Å². The van der Waals surface area contributed by atoms with Gasteiger partial charge in [-0.15, -0.1) is 0 Å². The van der Waals surface area contributed by atoms with E-state index in [1.807, 2.05) is 6.92 Å². The fourth-order valence-electron chi connectivity index (χ4n) is 4.02. The van der Waals surface area contributed by atoms with E-state index in [9.17, 15) is 14.9 Å². The first kappa shape index (κ1) is 23.3. The molecule has 0 radical (unpaired) electrons. The Morgan fingerprint density at radius 1 is 1.30 bits per heavy atom. The van der Waals surface area contributed by atoms with Crippen molar-refractivity contribution in [3.63, 3.8) is 0 Å². The quantitative estimate of drug-likeness (QED) is 0.456. The molecule has 0 atom stereocenters. The maximum absolute atomic E-state index is 13.2. The van der Waals surface area contributed by atoms with Gasteiger partial charge in [-0.05, 0) is 37.1 Å². The minimum absolute atomic E-state index is 0.0952. The van der Waals surface area contributed by atoms with E-state index in [-0.39, 0.29) is 23.6 Å². The molecule has 2 aromatic heterocycles.